The van der Waals surface area contributed by atoms with Gasteiger partial charge in [-0.15, -0.1) is 0 Å². The molecule has 1 aliphatic carbocycles. The number of nitriles is 1. The zero-order valence-electron chi connectivity index (χ0n) is 34.6. The van der Waals surface area contributed by atoms with E-state index < -0.39 is 28.6 Å². The van der Waals surface area contributed by atoms with Crippen molar-refractivity contribution >= 4 is 46.6 Å². The molecule has 1 atom stereocenters. The van der Waals surface area contributed by atoms with Crippen LogP contribution in [0.1, 0.15) is 90.8 Å². The number of nitrogens with one attached hydrogen (secondary N) is 1. The smallest absolute Gasteiger partial charge is 0.257 e. The van der Waals surface area contributed by atoms with E-state index >= 15 is 4.39 Å². The van der Waals surface area contributed by atoms with Gasteiger partial charge in [-0.05, 0) is 78.8 Å². The van der Waals surface area contributed by atoms with Crippen molar-refractivity contribution in [1.29, 1.82) is 5.26 Å². The molecule has 1 saturated carbocycles. The third-order valence-corrected chi connectivity index (χ3v) is 14.4. The van der Waals surface area contributed by atoms with Gasteiger partial charge in [-0.25, -0.2) is 4.39 Å². The molecule has 1 N–H and O–H groups in total. The van der Waals surface area contributed by atoms with Gasteiger partial charge in [0.2, 0.25) is 11.8 Å². The first-order valence-electron chi connectivity index (χ1n) is 21.1. The van der Waals surface area contributed by atoms with Crippen LogP contribution in [0.15, 0.2) is 48.5 Å². The van der Waals surface area contributed by atoms with E-state index in [9.17, 15) is 24.4 Å². The van der Waals surface area contributed by atoms with E-state index in [1.807, 2.05) is 23.1 Å². The van der Waals surface area contributed by atoms with Crippen LogP contribution < -0.4 is 19.9 Å². The van der Waals surface area contributed by atoms with Crippen molar-refractivity contribution < 1.29 is 28.3 Å². The average molecular weight is 836 g/mol. The highest BCUT2D eigenvalue weighted by Gasteiger charge is 2.67. The molecular weight excluding hydrogens is 785 g/mol. The van der Waals surface area contributed by atoms with E-state index in [-0.39, 0.29) is 41.9 Å². The molecule has 6 aliphatic rings. The highest BCUT2D eigenvalue weighted by Crippen LogP contribution is 2.59. The minimum absolute atomic E-state index is 0.153. The number of hydrogen-bond acceptors (Lipinski definition) is 9. The number of imide groups is 1. The molecule has 4 fully saturated rings. The molecule has 4 amide bonds. The highest BCUT2D eigenvalue weighted by molar-refractivity contribution is 6.31. The number of carbonyl (C=O) groups excluding carboxylic acids is 4. The van der Waals surface area contributed by atoms with Crippen molar-refractivity contribution in [2.45, 2.75) is 84.7 Å². The van der Waals surface area contributed by atoms with Crippen LogP contribution >= 0.6 is 11.6 Å². The number of ether oxygens (including phenoxy) is 1. The second kappa shape index (κ2) is 15.1. The first-order chi connectivity index (χ1) is 28.6. The summed E-state index contributed by atoms with van der Waals surface area (Å²) in [6.45, 7) is 15.2. The molecule has 3 aromatic carbocycles. The molecule has 0 radical (unpaired) electrons. The predicted molar refractivity (Wildman–Crippen MR) is 224 cm³/mol. The minimum atomic E-state index is -0.618. The van der Waals surface area contributed by atoms with Crippen molar-refractivity contribution in [3.8, 4) is 11.8 Å². The molecule has 0 bridgehead atoms. The maximum atomic E-state index is 15.9. The Kier molecular flexibility index (Phi) is 10.1. The van der Waals surface area contributed by atoms with Gasteiger partial charge in [0, 0.05) is 105 Å². The molecule has 60 heavy (non-hydrogen) atoms. The van der Waals surface area contributed by atoms with Crippen LogP contribution in [-0.4, -0.2) is 102 Å². The Balaban J connectivity index is 0.773. The Labute approximate surface area is 355 Å². The summed E-state index contributed by atoms with van der Waals surface area (Å²) in [7, 11) is 0. The standard InChI is InChI=1S/C46H51ClFN7O5/c1-45(2)43(46(3,4)44(45)60-33-7-5-28(23-49)35(47)22-33)55-26-30-20-32(21-36(48)39(30)42(55)59)53-17-15-51(16-18-53)24-27-11-13-52(14-12-27)31-6-8-34-29(19-31)25-54(41(34)58)37-9-10-38(56)50-40(37)57/h5-8,19-22,27,37,43-44H,9-18,24-26H2,1-4H3,(H,50,56,57). The molecule has 3 aromatic rings. The molecule has 0 aromatic heterocycles. The lowest BCUT2D eigenvalue weighted by Gasteiger charge is -2.65. The first-order valence-corrected chi connectivity index (χ1v) is 21.5. The van der Waals surface area contributed by atoms with Crippen molar-refractivity contribution in [3.05, 3.63) is 87.2 Å². The lowest BCUT2D eigenvalue weighted by Crippen LogP contribution is -2.74. The first kappa shape index (κ1) is 40.2. The van der Waals surface area contributed by atoms with Gasteiger partial charge in [-0.2, -0.15) is 5.26 Å². The highest BCUT2D eigenvalue weighted by atomic mass is 35.5. The predicted octanol–water partition coefficient (Wildman–Crippen LogP) is 5.99. The maximum Gasteiger partial charge on any atom is 0.257 e. The number of amides is 4. The van der Waals surface area contributed by atoms with E-state index in [0.29, 0.717) is 47.3 Å². The van der Waals surface area contributed by atoms with Crippen LogP contribution in [0.25, 0.3) is 0 Å². The number of anilines is 2. The van der Waals surface area contributed by atoms with Crippen LogP contribution in [0.5, 0.6) is 5.75 Å². The molecule has 12 nitrogen and oxygen atoms in total. The number of piperazine rings is 1. The zero-order valence-corrected chi connectivity index (χ0v) is 35.4. The van der Waals surface area contributed by atoms with Crippen LogP contribution in [0.2, 0.25) is 5.02 Å². The van der Waals surface area contributed by atoms with Crippen LogP contribution in [0.4, 0.5) is 15.8 Å². The number of benzene rings is 3. The molecular formula is C46H51ClFN7O5. The van der Waals surface area contributed by atoms with Gasteiger partial charge >= 0.3 is 0 Å². The summed E-state index contributed by atoms with van der Waals surface area (Å²) >= 11 is 6.29. The second-order valence-corrected chi connectivity index (χ2v) is 19.1. The maximum absolute atomic E-state index is 15.9. The Morgan fingerprint density at radius 1 is 0.817 bits per heavy atom. The third-order valence-electron chi connectivity index (χ3n) is 14.1. The fourth-order valence-electron chi connectivity index (χ4n) is 11.5. The average Bonchev–Trinajstić information content (AvgIpc) is 3.71. The number of fused-ring (bicyclic) bond motifs is 2. The van der Waals surface area contributed by atoms with Gasteiger partial charge in [-0.1, -0.05) is 39.3 Å². The summed E-state index contributed by atoms with van der Waals surface area (Å²) in [5.74, 6) is -0.461. The lowest BCUT2D eigenvalue weighted by atomic mass is 9.49. The van der Waals surface area contributed by atoms with Crippen LogP contribution in [0, 0.1) is 33.9 Å². The summed E-state index contributed by atoms with van der Waals surface area (Å²) < 4.78 is 22.4. The fraction of sp³-hybridized carbons (Fsp3) is 0.500. The van der Waals surface area contributed by atoms with E-state index in [0.717, 1.165) is 81.2 Å². The van der Waals surface area contributed by atoms with Crippen LogP contribution in [0.3, 0.4) is 0 Å². The summed E-state index contributed by atoms with van der Waals surface area (Å²) in [4.78, 5) is 61.8. The zero-order chi connectivity index (χ0) is 42.2. The largest absolute Gasteiger partial charge is 0.489 e. The summed E-state index contributed by atoms with van der Waals surface area (Å²) in [6.07, 6.45) is 2.46. The number of rotatable bonds is 8. The SMILES string of the molecule is CC1(C)C(Oc2ccc(C#N)c(Cl)c2)C(C)(C)C1N1Cc2cc(N3CCN(CC4CCN(c5ccc6c(c5)CN(C5CCC(=O)NC5=O)C6=O)CC4)CC3)cc(F)c2C1=O. The number of carbonyl (C=O) groups is 4. The van der Waals surface area contributed by atoms with Gasteiger partial charge in [0.15, 0.2) is 0 Å². The van der Waals surface area contributed by atoms with Crippen molar-refractivity contribution in [3.63, 3.8) is 0 Å². The molecule has 0 spiro atoms. The Bertz CT molecular complexity index is 2310. The summed E-state index contributed by atoms with van der Waals surface area (Å²) in [5.41, 5.74) is 3.84. The Morgan fingerprint density at radius 3 is 2.18 bits per heavy atom. The van der Waals surface area contributed by atoms with E-state index in [1.165, 1.54) is 6.07 Å². The molecule has 5 heterocycles. The number of nitrogens with zero attached hydrogens (tertiary/aromatic N) is 6. The molecule has 1 unspecified atom stereocenters. The van der Waals surface area contributed by atoms with Gasteiger partial charge in [0.05, 0.1) is 16.1 Å². The summed E-state index contributed by atoms with van der Waals surface area (Å²) in [6, 6.07) is 15.8. The van der Waals surface area contributed by atoms with E-state index in [1.54, 1.807) is 23.1 Å². The molecule has 314 valence electrons. The van der Waals surface area contributed by atoms with Crippen molar-refractivity contribution in [1.82, 2.24) is 20.0 Å². The molecule has 5 aliphatic heterocycles. The van der Waals surface area contributed by atoms with Gasteiger partial charge in [-0.3, -0.25) is 29.4 Å². The van der Waals surface area contributed by atoms with Crippen molar-refractivity contribution in [2.75, 3.05) is 55.6 Å². The fourth-order valence-corrected chi connectivity index (χ4v) is 11.7. The Hall–Kier alpha value is -5.19. The number of hydrogen-bond donors (Lipinski definition) is 1. The molecule has 14 heteroatoms. The van der Waals surface area contributed by atoms with E-state index in [4.69, 9.17) is 16.3 Å². The van der Waals surface area contributed by atoms with Gasteiger partial charge < -0.3 is 24.3 Å². The monoisotopic (exact) mass is 835 g/mol. The Morgan fingerprint density at radius 2 is 1.50 bits per heavy atom. The second-order valence-electron chi connectivity index (χ2n) is 18.7. The van der Waals surface area contributed by atoms with Crippen molar-refractivity contribution in [2.24, 2.45) is 16.7 Å². The summed E-state index contributed by atoms with van der Waals surface area (Å²) in [5, 5.41) is 12.0. The van der Waals surface area contributed by atoms with Gasteiger partial charge in [0.1, 0.15) is 29.8 Å². The topological polar surface area (TPSA) is 130 Å². The van der Waals surface area contributed by atoms with Gasteiger partial charge in [0.25, 0.3) is 11.8 Å². The molecule has 9 rings (SSSR count). The minimum Gasteiger partial charge on any atom is -0.489 e. The molecule has 3 saturated heterocycles. The van der Waals surface area contributed by atoms with Crippen LogP contribution in [-0.2, 0) is 22.7 Å². The quantitative estimate of drug-likeness (QED) is 0.272. The number of halogens is 2. The third kappa shape index (κ3) is 6.85. The normalized spacial score (nSPS) is 25.2. The number of piperidine rings is 2. The lowest BCUT2D eigenvalue weighted by molar-refractivity contribution is -0.199. The van der Waals surface area contributed by atoms with E-state index in [2.05, 4.69) is 59.8 Å².